The Morgan fingerprint density at radius 2 is 1.75 bits per heavy atom. The molecule has 0 saturated carbocycles. The summed E-state index contributed by atoms with van der Waals surface area (Å²) in [5.41, 5.74) is 1.42. The maximum atomic E-state index is 12.7. The van der Waals surface area contributed by atoms with E-state index in [4.69, 9.17) is 4.74 Å². The fourth-order valence-corrected chi connectivity index (χ4v) is 2.90. The van der Waals surface area contributed by atoms with Crippen molar-refractivity contribution in [3.05, 3.63) is 59.7 Å². The highest BCUT2D eigenvalue weighted by atomic mass is 32.2. The molecule has 0 unspecified atom stereocenters. The average Bonchev–Trinajstić information content (AvgIpc) is 2.53. The Bertz CT molecular complexity index is 834. The number of ether oxygens (including phenoxy) is 1. The molecular formula is C17H20N2O4S. The minimum Gasteiger partial charge on any atom is -0.496 e. The molecule has 0 aliphatic rings. The zero-order valence-corrected chi connectivity index (χ0v) is 14.6. The van der Waals surface area contributed by atoms with Gasteiger partial charge in [-0.1, -0.05) is 30.3 Å². The Kier molecular flexibility index (Phi) is 5.46. The molecule has 0 aliphatic heterocycles. The molecule has 2 aromatic carbocycles. The quantitative estimate of drug-likeness (QED) is 0.869. The van der Waals surface area contributed by atoms with E-state index in [1.807, 2.05) is 24.3 Å². The van der Waals surface area contributed by atoms with Gasteiger partial charge in [0.25, 0.3) is 5.91 Å². The molecule has 0 fully saturated rings. The van der Waals surface area contributed by atoms with Crippen molar-refractivity contribution < 1.29 is 17.9 Å². The number of hydrogen-bond donors (Lipinski definition) is 1. The number of anilines is 1. The number of benzene rings is 2. The fraction of sp³-hybridized carbons (Fsp3) is 0.235. The Labute approximate surface area is 142 Å². The van der Waals surface area contributed by atoms with Gasteiger partial charge in [-0.3, -0.25) is 9.52 Å². The molecular weight excluding hydrogens is 328 g/mol. The minimum atomic E-state index is -3.47. The Morgan fingerprint density at radius 3 is 2.42 bits per heavy atom. The molecule has 1 amide bonds. The lowest BCUT2D eigenvalue weighted by atomic mass is 10.1. The number of sulfonamides is 1. The van der Waals surface area contributed by atoms with E-state index in [9.17, 15) is 13.2 Å². The van der Waals surface area contributed by atoms with E-state index in [0.29, 0.717) is 17.9 Å². The summed E-state index contributed by atoms with van der Waals surface area (Å²) in [5, 5.41) is 0. The molecule has 1 N–H and O–H groups in total. The Morgan fingerprint density at radius 1 is 1.12 bits per heavy atom. The van der Waals surface area contributed by atoms with E-state index >= 15 is 0 Å². The first-order valence-corrected chi connectivity index (χ1v) is 9.15. The first kappa shape index (κ1) is 17.8. The molecule has 0 aromatic heterocycles. The van der Waals surface area contributed by atoms with Crippen LogP contribution in [0.1, 0.15) is 15.9 Å². The molecule has 24 heavy (non-hydrogen) atoms. The lowest BCUT2D eigenvalue weighted by molar-refractivity contribution is 0.0785. The van der Waals surface area contributed by atoms with Crippen molar-refractivity contribution in [2.45, 2.75) is 6.54 Å². The molecule has 0 bridgehead atoms. The largest absolute Gasteiger partial charge is 0.496 e. The van der Waals surface area contributed by atoms with Crippen LogP contribution in [0.25, 0.3) is 0 Å². The lowest BCUT2D eigenvalue weighted by Crippen LogP contribution is -2.27. The van der Waals surface area contributed by atoms with Crippen molar-refractivity contribution in [2.75, 3.05) is 25.1 Å². The van der Waals surface area contributed by atoms with Crippen molar-refractivity contribution in [1.82, 2.24) is 4.90 Å². The van der Waals surface area contributed by atoms with E-state index in [2.05, 4.69) is 4.72 Å². The van der Waals surface area contributed by atoms with Crippen molar-refractivity contribution in [1.29, 1.82) is 0 Å². The van der Waals surface area contributed by atoms with Crippen LogP contribution >= 0.6 is 0 Å². The maximum absolute atomic E-state index is 12.7. The van der Waals surface area contributed by atoms with Gasteiger partial charge in [-0.05, 0) is 18.2 Å². The minimum absolute atomic E-state index is 0.261. The summed E-state index contributed by atoms with van der Waals surface area (Å²) >= 11 is 0. The number of carbonyl (C=O) groups excluding carboxylic acids is 1. The predicted octanol–water partition coefficient (Wildman–Crippen LogP) is 2.34. The predicted molar refractivity (Wildman–Crippen MR) is 93.7 cm³/mol. The monoisotopic (exact) mass is 348 g/mol. The van der Waals surface area contributed by atoms with Crippen molar-refractivity contribution in [2.24, 2.45) is 0 Å². The van der Waals surface area contributed by atoms with Crippen LogP contribution in [0.5, 0.6) is 5.75 Å². The van der Waals surface area contributed by atoms with E-state index in [1.54, 1.807) is 38.4 Å². The van der Waals surface area contributed by atoms with E-state index in [1.165, 1.54) is 4.90 Å². The van der Waals surface area contributed by atoms with Crippen molar-refractivity contribution in [3.8, 4) is 5.75 Å². The third-order valence-electron chi connectivity index (χ3n) is 3.40. The van der Waals surface area contributed by atoms with Crippen LogP contribution in [-0.4, -0.2) is 39.6 Å². The normalized spacial score (nSPS) is 11.0. The molecule has 0 spiro atoms. The summed E-state index contributed by atoms with van der Waals surface area (Å²) in [6.07, 6.45) is 1.05. The topological polar surface area (TPSA) is 75.7 Å². The van der Waals surface area contributed by atoms with Gasteiger partial charge in [0, 0.05) is 19.2 Å². The first-order chi connectivity index (χ1) is 11.3. The van der Waals surface area contributed by atoms with Crippen LogP contribution < -0.4 is 9.46 Å². The summed E-state index contributed by atoms with van der Waals surface area (Å²) in [5.74, 6) is 0.410. The summed E-state index contributed by atoms with van der Waals surface area (Å²) < 4.78 is 30.6. The van der Waals surface area contributed by atoms with Crippen molar-refractivity contribution >= 4 is 21.6 Å². The summed E-state index contributed by atoms with van der Waals surface area (Å²) in [7, 11) is -0.235. The summed E-state index contributed by atoms with van der Waals surface area (Å²) in [6.45, 7) is 0.343. The van der Waals surface area contributed by atoms with Gasteiger partial charge in [0.1, 0.15) is 5.75 Å². The second-order valence-corrected chi connectivity index (χ2v) is 7.14. The molecule has 0 radical (unpaired) electrons. The number of nitrogens with zero attached hydrogens (tertiary/aromatic N) is 1. The van der Waals surface area contributed by atoms with Crippen molar-refractivity contribution in [3.63, 3.8) is 0 Å². The van der Waals surface area contributed by atoms with Gasteiger partial charge in [-0.15, -0.1) is 0 Å². The van der Waals surface area contributed by atoms with Crippen LogP contribution in [0, 0.1) is 0 Å². The zero-order chi connectivity index (χ0) is 17.7. The smallest absolute Gasteiger partial charge is 0.256 e. The van der Waals surface area contributed by atoms with Crippen LogP contribution in [0.3, 0.4) is 0 Å². The molecule has 7 heteroatoms. The number of amides is 1. The number of nitrogens with one attached hydrogen (secondary N) is 1. The molecule has 2 aromatic rings. The SMILES string of the molecule is COc1ccccc1CN(C)C(=O)c1ccccc1NS(C)(=O)=O. The first-order valence-electron chi connectivity index (χ1n) is 7.26. The highest BCUT2D eigenvalue weighted by Crippen LogP contribution is 2.22. The standard InChI is InChI=1S/C17H20N2O4S/c1-19(12-13-8-4-7-11-16(13)23-2)17(20)14-9-5-6-10-15(14)18-24(3,21)22/h4-11,18H,12H2,1-3H3. The summed E-state index contributed by atoms with van der Waals surface area (Å²) in [4.78, 5) is 14.2. The van der Waals surface area contributed by atoms with Gasteiger partial charge in [0.05, 0.1) is 24.6 Å². The lowest BCUT2D eigenvalue weighted by Gasteiger charge is -2.20. The van der Waals surface area contributed by atoms with E-state index in [0.717, 1.165) is 11.8 Å². The molecule has 0 aliphatic carbocycles. The van der Waals surface area contributed by atoms with Gasteiger partial charge >= 0.3 is 0 Å². The van der Waals surface area contributed by atoms with Crippen LogP contribution in [0.15, 0.2) is 48.5 Å². The van der Waals surface area contributed by atoms with Crippen LogP contribution in [0.4, 0.5) is 5.69 Å². The number of rotatable bonds is 6. The molecule has 128 valence electrons. The van der Waals surface area contributed by atoms with E-state index < -0.39 is 10.0 Å². The zero-order valence-electron chi connectivity index (χ0n) is 13.8. The van der Waals surface area contributed by atoms with E-state index in [-0.39, 0.29) is 11.6 Å². The van der Waals surface area contributed by atoms with Gasteiger partial charge in [0.15, 0.2) is 0 Å². The number of methoxy groups -OCH3 is 1. The number of para-hydroxylation sites is 2. The molecule has 0 atom stereocenters. The second-order valence-electron chi connectivity index (χ2n) is 5.39. The molecule has 0 heterocycles. The third-order valence-corrected chi connectivity index (χ3v) is 3.99. The molecule has 2 rings (SSSR count). The fourth-order valence-electron chi connectivity index (χ4n) is 2.32. The van der Waals surface area contributed by atoms with Gasteiger partial charge < -0.3 is 9.64 Å². The van der Waals surface area contributed by atoms with Crippen LogP contribution in [0.2, 0.25) is 0 Å². The third kappa shape index (κ3) is 4.48. The van der Waals surface area contributed by atoms with Gasteiger partial charge in [-0.2, -0.15) is 0 Å². The number of hydrogen-bond acceptors (Lipinski definition) is 4. The Hall–Kier alpha value is -2.54. The highest BCUT2D eigenvalue weighted by Gasteiger charge is 2.18. The number of carbonyl (C=O) groups is 1. The highest BCUT2D eigenvalue weighted by molar-refractivity contribution is 7.92. The van der Waals surface area contributed by atoms with Gasteiger partial charge in [0.2, 0.25) is 10.0 Å². The Balaban J connectivity index is 2.25. The molecule has 0 saturated heterocycles. The molecule has 6 nitrogen and oxygen atoms in total. The average molecular weight is 348 g/mol. The van der Waals surface area contributed by atoms with Gasteiger partial charge in [-0.25, -0.2) is 8.42 Å². The second kappa shape index (κ2) is 7.35. The van der Waals surface area contributed by atoms with Crippen LogP contribution in [-0.2, 0) is 16.6 Å². The maximum Gasteiger partial charge on any atom is 0.256 e. The summed E-state index contributed by atoms with van der Waals surface area (Å²) in [6, 6.07) is 13.9.